The highest BCUT2D eigenvalue weighted by atomic mass is 32.1. The smallest absolute Gasteiger partial charge is 0.329 e. The number of imidazole rings is 1. The van der Waals surface area contributed by atoms with Gasteiger partial charge in [0.1, 0.15) is 22.4 Å². The van der Waals surface area contributed by atoms with Crippen molar-refractivity contribution in [3.63, 3.8) is 0 Å². The van der Waals surface area contributed by atoms with Crippen molar-refractivity contribution in [2.75, 3.05) is 67.5 Å². The number of nitrogens with zero attached hydrogens (tertiary/aromatic N) is 6. The molecule has 2 aromatic carbocycles. The molecule has 13 nitrogen and oxygen atoms in total. The molecule has 5 aliphatic rings. The Balaban J connectivity index is 0.760. The number of pyridine rings is 1. The first-order valence-electron chi connectivity index (χ1n) is 18.8. The Morgan fingerprint density at radius 2 is 1.76 bits per heavy atom. The molecule has 3 N–H and O–H groups in total. The lowest BCUT2D eigenvalue weighted by Crippen LogP contribution is -2.73. The van der Waals surface area contributed by atoms with Crippen LogP contribution in [0.4, 0.5) is 21.6 Å². The molecule has 0 aliphatic carbocycles. The summed E-state index contributed by atoms with van der Waals surface area (Å²) in [7, 11) is 1.71. The highest BCUT2D eigenvalue weighted by Gasteiger charge is 2.53. The minimum atomic E-state index is -1.24. The second-order valence-electron chi connectivity index (χ2n) is 16.2. The van der Waals surface area contributed by atoms with Gasteiger partial charge in [0, 0.05) is 111 Å². The van der Waals surface area contributed by atoms with Gasteiger partial charge in [-0.05, 0) is 55.8 Å². The molecule has 3 amide bonds. The molecule has 54 heavy (non-hydrogen) atoms. The highest BCUT2D eigenvalue weighted by molar-refractivity contribution is 7.21. The summed E-state index contributed by atoms with van der Waals surface area (Å²) < 4.78 is 20.4. The molecule has 10 rings (SSSR count). The molecule has 4 fully saturated rings. The van der Waals surface area contributed by atoms with Gasteiger partial charge >= 0.3 is 5.69 Å². The number of piperidine rings is 2. The Bertz CT molecular complexity index is 2470. The third-order valence-electron chi connectivity index (χ3n) is 12.3. The maximum absolute atomic E-state index is 16.3. The minimum absolute atomic E-state index is 0.0434. The fraction of sp³-hybridized carbons (Fsp3) is 0.462. The zero-order chi connectivity index (χ0) is 37.1. The molecular formula is C39H42FN9O4S. The average molecular weight is 752 g/mol. The molecule has 5 aromatic rings. The Hall–Kier alpha value is -5.02. The number of carbonyl (C=O) groups excluding carboxylic acids is 3. The number of aryl methyl sites for hydroxylation is 1. The summed E-state index contributed by atoms with van der Waals surface area (Å²) in [6.45, 7) is 7.79. The number of fused-ring (bicyclic) bond motifs is 6. The number of amides is 3. The molecule has 280 valence electrons. The topological polar surface area (TPSA) is 137 Å². The molecule has 5 aliphatic heterocycles. The number of hydrogen-bond acceptors (Lipinski definition) is 10. The average Bonchev–Trinajstić information content (AvgIpc) is 3.57. The van der Waals surface area contributed by atoms with Gasteiger partial charge in [-0.2, -0.15) is 0 Å². The SMILES string of the molecule is C[C@@H]1CNc2c(sc3ccc4nc(N5CCC(F)(CN6CC7(C6)CN(c6ccc8c(c6)n(C)c(=O)n8C6CCC(=O)NC6=O)C7)CC5)ccc4c23)C(=O)N1. The van der Waals surface area contributed by atoms with Crippen LogP contribution in [0.1, 0.15) is 48.3 Å². The monoisotopic (exact) mass is 751 g/mol. The van der Waals surface area contributed by atoms with Crippen molar-refractivity contribution in [3.8, 4) is 0 Å². The van der Waals surface area contributed by atoms with E-state index in [9.17, 15) is 19.2 Å². The van der Waals surface area contributed by atoms with E-state index in [2.05, 4.69) is 36.7 Å². The van der Waals surface area contributed by atoms with Gasteiger partial charge in [0.25, 0.3) is 5.91 Å². The molecule has 0 bridgehead atoms. The largest absolute Gasteiger partial charge is 0.381 e. The van der Waals surface area contributed by atoms with Crippen molar-refractivity contribution in [1.82, 2.24) is 29.7 Å². The Labute approximate surface area is 314 Å². The molecule has 4 saturated heterocycles. The van der Waals surface area contributed by atoms with Gasteiger partial charge in [-0.1, -0.05) is 0 Å². The fourth-order valence-corrected chi connectivity index (χ4v) is 10.6. The first-order chi connectivity index (χ1) is 26.0. The quantitative estimate of drug-likeness (QED) is 0.230. The van der Waals surface area contributed by atoms with Crippen molar-refractivity contribution in [2.24, 2.45) is 12.5 Å². The maximum Gasteiger partial charge on any atom is 0.329 e. The Morgan fingerprint density at radius 3 is 2.54 bits per heavy atom. The van der Waals surface area contributed by atoms with Gasteiger partial charge in [0.2, 0.25) is 11.8 Å². The lowest BCUT2D eigenvalue weighted by atomic mass is 9.72. The van der Waals surface area contributed by atoms with Crippen molar-refractivity contribution in [1.29, 1.82) is 0 Å². The lowest BCUT2D eigenvalue weighted by molar-refractivity contribution is -0.135. The van der Waals surface area contributed by atoms with Gasteiger partial charge < -0.3 is 20.4 Å². The van der Waals surface area contributed by atoms with E-state index < -0.39 is 17.6 Å². The van der Waals surface area contributed by atoms with Gasteiger partial charge in [-0.3, -0.25) is 33.7 Å². The fourth-order valence-electron chi connectivity index (χ4n) is 9.52. The van der Waals surface area contributed by atoms with Gasteiger partial charge in [-0.25, -0.2) is 14.2 Å². The number of aromatic nitrogens is 3. The van der Waals surface area contributed by atoms with E-state index in [4.69, 9.17) is 4.98 Å². The van der Waals surface area contributed by atoms with Crippen LogP contribution in [-0.4, -0.2) is 101 Å². The molecular weight excluding hydrogens is 710 g/mol. The molecule has 2 atom stereocenters. The molecule has 0 saturated carbocycles. The number of alkyl halides is 1. The number of carbonyl (C=O) groups is 3. The first-order valence-corrected chi connectivity index (χ1v) is 19.7. The molecule has 3 aromatic heterocycles. The van der Waals surface area contributed by atoms with E-state index >= 15 is 4.39 Å². The van der Waals surface area contributed by atoms with E-state index in [1.54, 1.807) is 11.6 Å². The van der Waals surface area contributed by atoms with Crippen LogP contribution < -0.4 is 31.4 Å². The van der Waals surface area contributed by atoms with Crippen LogP contribution in [0.25, 0.3) is 32.0 Å². The van der Waals surface area contributed by atoms with Crippen LogP contribution in [-0.2, 0) is 16.6 Å². The second-order valence-corrected chi connectivity index (χ2v) is 17.3. The third kappa shape index (κ3) is 5.29. The van der Waals surface area contributed by atoms with E-state index in [-0.39, 0.29) is 35.4 Å². The van der Waals surface area contributed by atoms with Gasteiger partial charge in [-0.15, -0.1) is 11.3 Å². The second kappa shape index (κ2) is 12.0. The number of halogens is 1. The molecule has 1 unspecified atom stereocenters. The van der Waals surface area contributed by atoms with Crippen LogP contribution in [0, 0.1) is 5.41 Å². The number of hydrogen-bond donors (Lipinski definition) is 3. The van der Waals surface area contributed by atoms with Crippen LogP contribution in [0.3, 0.4) is 0 Å². The predicted octanol–water partition coefficient (Wildman–Crippen LogP) is 3.76. The predicted molar refractivity (Wildman–Crippen MR) is 208 cm³/mol. The number of imide groups is 1. The minimum Gasteiger partial charge on any atom is -0.381 e. The normalized spacial score (nSPS) is 23.9. The van der Waals surface area contributed by atoms with Crippen LogP contribution in [0.5, 0.6) is 0 Å². The van der Waals surface area contributed by atoms with Gasteiger partial charge in [0.05, 0.1) is 22.2 Å². The van der Waals surface area contributed by atoms with Crippen LogP contribution >= 0.6 is 11.3 Å². The van der Waals surface area contributed by atoms with E-state index in [0.29, 0.717) is 55.8 Å². The molecule has 1 spiro atoms. The number of thiophene rings is 1. The van der Waals surface area contributed by atoms with Crippen LogP contribution in [0.15, 0.2) is 47.3 Å². The summed E-state index contributed by atoms with van der Waals surface area (Å²) in [6, 6.07) is 13.4. The number of likely N-dealkylation sites (tertiary alicyclic amines) is 1. The van der Waals surface area contributed by atoms with Crippen LogP contribution in [0.2, 0.25) is 0 Å². The number of benzene rings is 2. The number of nitrogens with one attached hydrogen (secondary N) is 3. The Kier molecular flexibility index (Phi) is 7.45. The standard InChI is InChI=1S/C39H42FN9O4S/c1-22-16-41-33-32-24-4-9-30(43-25(24)5-8-29(32)54-34(33)36(52)42-22)47-13-11-39(40,12-14-47)21-46-17-38(18-46)19-48(20-38)23-3-6-26-28(15-23)45(2)37(53)49(26)27-7-10-31(50)44-35(27)51/h3-6,8-9,15,22,27,41H,7,10-14,16-21H2,1-2H3,(H,42,52)(H,44,50,51)/t22-,27?/m1/s1. The van der Waals surface area contributed by atoms with Crippen molar-refractivity contribution in [3.05, 3.63) is 57.8 Å². The first kappa shape index (κ1) is 33.5. The van der Waals surface area contributed by atoms with Gasteiger partial charge in [0.15, 0.2) is 0 Å². The Morgan fingerprint density at radius 1 is 0.963 bits per heavy atom. The van der Waals surface area contributed by atoms with E-state index in [0.717, 1.165) is 69.9 Å². The zero-order valence-corrected chi connectivity index (χ0v) is 31.1. The van der Waals surface area contributed by atoms with Crippen molar-refractivity contribution >= 4 is 78.3 Å². The molecule has 15 heteroatoms. The summed E-state index contributed by atoms with van der Waals surface area (Å²) in [5.41, 5.74) is 2.83. The van der Waals surface area contributed by atoms with Crippen molar-refractivity contribution < 1.29 is 18.8 Å². The summed E-state index contributed by atoms with van der Waals surface area (Å²) in [6.07, 6.45) is 1.41. The summed E-state index contributed by atoms with van der Waals surface area (Å²) in [5.74, 6) is 0.0636. The van der Waals surface area contributed by atoms with Crippen molar-refractivity contribution in [2.45, 2.75) is 50.4 Å². The summed E-state index contributed by atoms with van der Waals surface area (Å²) in [4.78, 5) is 62.7. The lowest BCUT2D eigenvalue weighted by Gasteiger charge is -2.62. The summed E-state index contributed by atoms with van der Waals surface area (Å²) in [5, 5.41) is 10.9. The van der Waals surface area contributed by atoms with E-state index in [1.807, 2.05) is 43.3 Å². The summed E-state index contributed by atoms with van der Waals surface area (Å²) >= 11 is 1.50. The maximum atomic E-state index is 16.3. The molecule has 8 heterocycles. The number of rotatable bonds is 5. The third-order valence-corrected chi connectivity index (χ3v) is 13.5. The highest BCUT2D eigenvalue weighted by Crippen LogP contribution is 2.45. The zero-order valence-electron chi connectivity index (χ0n) is 30.3. The molecule has 0 radical (unpaired) electrons. The van der Waals surface area contributed by atoms with E-state index in [1.165, 1.54) is 15.9 Å². The number of anilines is 3.